The Morgan fingerprint density at radius 1 is 0.981 bits per heavy atom. The van der Waals surface area contributed by atoms with Crippen molar-refractivity contribution in [3.63, 3.8) is 0 Å². The summed E-state index contributed by atoms with van der Waals surface area (Å²) in [4.78, 5) is 67.7. The first kappa shape index (κ1) is 40.2. The number of carboxylic acid groups (broad SMARTS) is 1. The van der Waals surface area contributed by atoms with Gasteiger partial charge in [0.05, 0.1) is 0 Å². The van der Waals surface area contributed by atoms with Gasteiger partial charge in [-0.05, 0) is 0 Å². The molecule has 3 aromatic rings. The van der Waals surface area contributed by atoms with Crippen molar-refractivity contribution in [3.05, 3.63) is 106 Å². The number of allylic oxidation sites excluding steroid dienone is 3. The number of likely N-dealkylation sites (N-methyl/N-ethyl adjacent to an activating group) is 1. The normalized spacial score (nSPS) is 17.4. The van der Waals surface area contributed by atoms with E-state index in [2.05, 4.69) is 14.2 Å². The number of nitrogens with one attached hydrogen (secondary N) is 3. The topological polar surface area (TPSA) is 215 Å². The molecule has 4 bridgehead atoms. The molecule has 0 fully saturated rings. The van der Waals surface area contributed by atoms with Gasteiger partial charge in [-0.2, -0.15) is 0 Å². The maximum atomic E-state index is 14.0. The van der Waals surface area contributed by atoms with Crippen molar-refractivity contribution in [1.29, 1.82) is 0 Å². The number of nitrogens with two attached hydrogens (primary N) is 2. The van der Waals surface area contributed by atoms with Gasteiger partial charge in [-0.1, -0.05) is 0 Å². The van der Waals surface area contributed by atoms with Gasteiger partial charge < -0.3 is 0 Å². The summed E-state index contributed by atoms with van der Waals surface area (Å²) in [6.45, 7) is 0.330. The molecule has 1 unspecified atom stereocenters. The van der Waals surface area contributed by atoms with Crippen LogP contribution in [-0.4, -0.2) is 89.6 Å². The van der Waals surface area contributed by atoms with Gasteiger partial charge in [0.15, 0.2) is 0 Å². The van der Waals surface area contributed by atoms with E-state index in [0.717, 1.165) is 5.56 Å². The van der Waals surface area contributed by atoms with Crippen LogP contribution < -0.4 is 51.8 Å². The fraction of sp³-hybridized carbons (Fsp3) is 0.289. The fourth-order valence-electron chi connectivity index (χ4n) is 6.12. The molecule has 5 rings (SSSR count). The number of hydrogen-bond acceptors (Lipinski definition) is 9. The molecular formula is C38H41ClIN6O8-. The number of aliphatic carboxylic acids is 1. The van der Waals surface area contributed by atoms with Crippen LogP contribution in [-0.2, 0) is 25.5 Å². The quantitative estimate of drug-likeness (QED) is 0.0613. The molecule has 0 radical (unpaired) electrons. The number of benzene rings is 3. The molecule has 16 heteroatoms. The molecule has 1 aliphatic heterocycles. The first-order valence-electron chi connectivity index (χ1n) is 17.1. The molecule has 0 spiro atoms. The van der Waals surface area contributed by atoms with E-state index in [1.54, 1.807) is 72.8 Å². The Labute approximate surface area is 327 Å². The molecule has 0 saturated carbocycles. The molecule has 1 heterocycles. The summed E-state index contributed by atoms with van der Waals surface area (Å²) in [7, 11) is 1.46. The molecule has 2 atom stereocenters. The Balaban J connectivity index is 1.51. The summed E-state index contributed by atoms with van der Waals surface area (Å²) in [5.74, 6) is -2.10. The number of carboxylic acids is 1. The summed E-state index contributed by atoms with van der Waals surface area (Å²) < 4.78 is 14.4. The molecule has 3 aromatic carbocycles. The summed E-state index contributed by atoms with van der Waals surface area (Å²) in [5, 5.41) is 15.6. The molecule has 2 aliphatic rings. The Morgan fingerprint density at radius 3 is 2.43 bits per heavy atom. The van der Waals surface area contributed by atoms with Gasteiger partial charge in [-0.25, -0.2) is 0 Å². The SMILES string of the molecule is CN(C(=O)[I-]NC(=O)c1ccccc1-c1ccc(Cl)cc1)[C@@H]1C(=O)NCC(=O)NC(C(=O)O)Cc2ccc(OCCN)c(c2)C2=C(OCCN)CCC1=C2. The zero-order valence-corrected chi connectivity index (χ0v) is 32.3. The predicted octanol–water partition coefficient (Wildman–Crippen LogP) is -0.153. The molecule has 14 nitrogen and oxygen atoms in total. The molecular weight excluding hydrogens is 831 g/mol. The number of nitrogens with zero attached hydrogens (tertiary/aromatic N) is 1. The summed E-state index contributed by atoms with van der Waals surface area (Å²) >= 11 is 4.36. The maximum absolute atomic E-state index is 14.0. The minimum atomic E-state index is -1.70. The van der Waals surface area contributed by atoms with Crippen molar-refractivity contribution in [1.82, 2.24) is 19.1 Å². The van der Waals surface area contributed by atoms with Crippen LogP contribution in [0, 0.1) is 0 Å². The van der Waals surface area contributed by atoms with E-state index in [9.17, 15) is 29.1 Å². The standard InChI is InChI=1S/C38H41ClIN6O8/c1-46(38(52)40-45-35(48)27-5-3-2-4-26(27)23-7-10-25(39)11-8-23)34-24-9-13-32(54-17-15-42)29(20-24)28-18-22(6-12-31(28)53-16-14-41)19-30(37(50)51)44-33(47)21-43-36(34)49/h2-8,10-12,18,20,30,34H,9,13-17,19,21,41-42H2,1H3,(H,43,49)(H,44,47)(H,45,48)(H,50,51)/q-1/t30?,34-/m0/s1. The van der Waals surface area contributed by atoms with Crippen LogP contribution >= 0.6 is 11.6 Å². The van der Waals surface area contributed by atoms with E-state index in [-0.39, 0.29) is 32.7 Å². The first-order chi connectivity index (χ1) is 26.0. The number of halogens is 2. The van der Waals surface area contributed by atoms with Crippen molar-refractivity contribution in [2.24, 2.45) is 11.5 Å². The van der Waals surface area contributed by atoms with Gasteiger partial charge >= 0.3 is 329 Å². The number of carbonyl (C=O) groups excluding carboxylic acids is 4. The van der Waals surface area contributed by atoms with Crippen LogP contribution in [0.5, 0.6) is 5.75 Å². The van der Waals surface area contributed by atoms with Gasteiger partial charge in [-0.3, -0.25) is 0 Å². The average Bonchev–Trinajstić information content (AvgIpc) is 3.17. The summed E-state index contributed by atoms with van der Waals surface area (Å²) in [5.41, 5.74) is 15.6. The zero-order valence-electron chi connectivity index (χ0n) is 29.4. The third-order valence-electron chi connectivity index (χ3n) is 8.68. The number of fused-ring (bicyclic) bond motifs is 4. The average molecular weight is 872 g/mol. The molecule has 0 aromatic heterocycles. The van der Waals surface area contributed by atoms with Gasteiger partial charge in [0, 0.05) is 0 Å². The van der Waals surface area contributed by atoms with Gasteiger partial charge in [0.2, 0.25) is 0 Å². The number of carbonyl (C=O) groups is 5. The summed E-state index contributed by atoms with van der Waals surface area (Å²) in [6, 6.07) is 16.7. The number of rotatable bonds is 12. The van der Waals surface area contributed by atoms with E-state index in [4.69, 9.17) is 32.5 Å². The second-order valence-electron chi connectivity index (χ2n) is 12.4. The Morgan fingerprint density at radius 2 is 1.70 bits per heavy atom. The van der Waals surface area contributed by atoms with Crippen LogP contribution in [0.25, 0.3) is 16.7 Å². The van der Waals surface area contributed by atoms with E-state index in [1.165, 1.54) is 11.9 Å². The third kappa shape index (κ3) is 9.96. The third-order valence-corrected chi connectivity index (χ3v) is 10.9. The predicted molar refractivity (Wildman–Crippen MR) is 198 cm³/mol. The second kappa shape index (κ2) is 18.9. The first-order valence-corrected chi connectivity index (χ1v) is 19.6. The van der Waals surface area contributed by atoms with Crippen LogP contribution in [0.15, 0.2) is 84.1 Å². The van der Waals surface area contributed by atoms with E-state index in [1.807, 2.05) is 0 Å². The molecule has 54 heavy (non-hydrogen) atoms. The van der Waals surface area contributed by atoms with Crippen LogP contribution in [0.3, 0.4) is 0 Å². The number of amides is 4. The zero-order chi connectivity index (χ0) is 38.8. The van der Waals surface area contributed by atoms with Gasteiger partial charge in [0.25, 0.3) is 0 Å². The van der Waals surface area contributed by atoms with E-state index < -0.39 is 67.7 Å². The van der Waals surface area contributed by atoms with Crippen LogP contribution in [0.4, 0.5) is 4.79 Å². The molecule has 8 N–H and O–H groups in total. The van der Waals surface area contributed by atoms with Crippen molar-refractivity contribution >= 4 is 44.8 Å². The Hall–Kier alpha value is -4.97. The minimum absolute atomic E-state index is 0.0541. The Bertz CT molecular complexity index is 1970. The molecule has 4 amide bonds. The van der Waals surface area contributed by atoms with E-state index >= 15 is 0 Å². The van der Waals surface area contributed by atoms with Crippen LogP contribution in [0.2, 0.25) is 5.02 Å². The van der Waals surface area contributed by atoms with Crippen LogP contribution in [0.1, 0.15) is 34.3 Å². The van der Waals surface area contributed by atoms with Crippen molar-refractivity contribution in [3.8, 4) is 16.9 Å². The van der Waals surface area contributed by atoms with Crippen molar-refractivity contribution < 1.29 is 60.0 Å². The summed E-state index contributed by atoms with van der Waals surface area (Å²) in [6.07, 6.45) is 2.35. The van der Waals surface area contributed by atoms with E-state index in [0.29, 0.717) is 62.8 Å². The monoisotopic (exact) mass is 871 g/mol. The fourth-order valence-corrected chi connectivity index (χ4v) is 7.67. The molecule has 1 aliphatic carbocycles. The molecule has 286 valence electrons. The second-order valence-corrected chi connectivity index (χ2v) is 14.8. The Kier molecular flexibility index (Phi) is 14.1. The van der Waals surface area contributed by atoms with Crippen molar-refractivity contribution in [2.75, 3.05) is 39.9 Å². The molecule has 0 saturated heterocycles. The number of ether oxygens (including phenoxy) is 2. The van der Waals surface area contributed by atoms with Crippen molar-refractivity contribution in [2.45, 2.75) is 31.3 Å². The van der Waals surface area contributed by atoms with Gasteiger partial charge in [0.1, 0.15) is 0 Å². The van der Waals surface area contributed by atoms with Gasteiger partial charge in [-0.15, -0.1) is 0 Å². The number of hydrogen-bond donors (Lipinski definition) is 6.